The van der Waals surface area contributed by atoms with E-state index in [0.717, 1.165) is 10.4 Å². The van der Waals surface area contributed by atoms with Gasteiger partial charge in [-0.1, -0.05) is 39.0 Å². The molecule has 0 unspecified atom stereocenters. The van der Waals surface area contributed by atoms with Gasteiger partial charge in [-0.25, -0.2) is 22.6 Å². The summed E-state index contributed by atoms with van der Waals surface area (Å²) in [5.41, 5.74) is 0.737. The topological polar surface area (TPSA) is 86.0 Å². The van der Waals surface area contributed by atoms with Crippen molar-refractivity contribution in [1.29, 1.82) is 0 Å². The van der Waals surface area contributed by atoms with Crippen molar-refractivity contribution in [2.75, 3.05) is 6.54 Å². The number of nitrogens with one attached hydrogen (secondary N) is 1. The third-order valence-electron chi connectivity index (χ3n) is 4.43. The summed E-state index contributed by atoms with van der Waals surface area (Å²) >= 11 is 1.49. The Hall–Kier alpha value is -2.23. The van der Waals surface area contributed by atoms with E-state index in [4.69, 9.17) is 0 Å². The fourth-order valence-electron chi connectivity index (χ4n) is 2.76. The molecule has 0 spiro atoms. The second kappa shape index (κ2) is 7.65. The summed E-state index contributed by atoms with van der Waals surface area (Å²) in [4.78, 5) is 13.4. The van der Waals surface area contributed by atoms with Gasteiger partial charge in [0.15, 0.2) is 5.82 Å². The van der Waals surface area contributed by atoms with Crippen molar-refractivity contribution in [1.82, 2.24) is 19.1 Å². The van der Waals surface area contributed by atoms with E-state index in [1.54, 1.807) is 19.2 Å². The molecule has 0 fully saturated rings. The number of hydrogen-bond donors (Lipinski definition) is 1. The first-order valence-corrected chi connectivity index (χ1v) is 11.2. The Labute approximate surface area is 168 Å². The van der Waals surface area contributed by atoms with Crippen LogP contribution in [0, 0.1) is 0 Å². The molecule has 3 aromatic rings. The van der Waals surface area contributed by atoms with Gasteiger partial charge in [0.05, 0.1) is 16.3 Å². The van der Waals surface area contributed by atoms with Crippen molar-refractivity contribution >= 4 is 21.4 Å². The number of benzene rings is 1. The van der Waals surface area contributed by atoms with Crippen LogP contribution in [0.3, 0.4) is 0 Å². The van der Waals surface area contributed by atoms with E-state index in [1.807, 2.05) is 29.6 Å². The molecule has 3 rings (SSSR count). The van der Waals surface area contributed by atoms with Crippen LogP contribution < -0.4 is 10.4 Å². The monoisotopic (exact) mass is 420 g/mol. The van der Waals surface area contributed by atoms with Crippen molar-refractivity contribution in [2.24, 2.45) is 7.05 Å². The smallest absolute Gasteiger partial charge is 0.277 e. The molecule has 0 bridgehead atoms. The largest absolute Gasteiger partial charge is 0.345 e. The number of nitrogens with zero attached hydrogens (tertiary/aromatic N) is 3. The molecule has 0 aliphatic rings. The summed E-state index contributed by atoms with van der Waals surface area (Å²) in [6, 6.07) is 10.6. The molecule has 150 valence electrons. The second-order valence-corrected chi connectivity index (χ2v) is 10.3. The van der Waals surface area contributed by atoms with Gasteiger partial charge in [-0.3, -0.25) is 4.57 Å². The summed E-state index contributed by atoms with van der Waals surface area (Å²) in [6.07, 6.45) is 0. The Morgan fingerprint density at radius 1 is 1.14 bits per heavy atom. The number of thiophene rings is 1. The Kier molecular flexibility index (Phi) is 5.60. The normalized spacial score (nSPS) is 12.4. The maximum atomic E-state index is 12.5. The van der Waals surface area contributed by atoms with Crippen molar-refractivity contribution in [3.8, 4) is 10.7 Å². The van der Waals surface area contributed by atoms with Gasteiger partial charge >= 0.3 is 5.69 Å². The molecular formula is C19H24N4O3S2. The molecule has 7 nitrogen and oxygen atoms in total. The molecule has 0 aliphatic heterocycles. The van der Waals surface area contributed by atoms with Gasteiger partial charge in [-0.15, -0.1) is 16.4 Å². The zero-order valence-corrected chi connectivity index (χ0v) is 18.0. The first-order chi connectivity index (χ1) is 13.1. The summed E-state index contributed by atoms with van der Waals surface area (Å²) in [5.74, 6) is 0.570. The lowest BCUT2D eigenvalue weighted by atomic mass is 9.87. The van der Waals surface area contributed by atoms with Gasteiger partial charge in [-0.05, 0) is 34.6 Å². The zero-order chi connectivity index (χ0) is 20.5. The number of aromatic nitrogens is 3. The van der Waals surface area contributed by atoms with Crippen LogP contribution in [0.1, 0.15) is 26.3 Å². The standard InChI is InChI=1S/C19H24N4O3S2/c1-19(2,3)14-7-9-15(10-8-14)28(25,26)20-11-12-23-18(24)22(4)17(21-23)16-6-5-13-27-16/h5-10,13,20H,11-12H2,1-4H3. The van der Waals surface area contributed by atoms with Crippen LogP contribution in [0.15, 0.2) is 51.5 Å². The quantitative estimate of drug-likeness (QED) is 0.664. The Balaban J connectivity index is 1.69. The average Bonchev–Trinajstić information content (AvgIpc) is 3.25. The zero-order valence-electron chi connectivity index (χ0n) is 16.3. The molecule has 0 atom stereocenters. The van der Waals surface area contributed by atoms with Crippen molar-refractivity contribution in [2.45, 2.75) is 37.6 Å². The fourth-order valence-corrected chi connectivity index (χ4v) is 4.52. The minimum atomic E-state index is -3.65. The van der Waals surface area contributed by atoms with E-state index in [-0.39, 0.29) is 29.1 Å². The molecule has 0 amide bonds. The van der Waals surface area contributed by atoms with E-state index in [1.165, 1.54) is 20.6 Å². The van der Waals surface area contributed by atoms with E-state index in [2.05, 4.69) is 30.6 Å². The SMILES string of the molecule is Cn1c(-c2cccs2)nn(CCNS(=O)(=O)c2ccc(C(C)(C)C)cc2)c1=O. The molecule has 1 N–H and O–H groups in total. The van der Waals surface area contributed by atoms with Crippen molar-refractivity contribution < 1.29 is 8.42 Å². The third-order valence-corrected chi connectivity index (χ3v) is 6.77. The maximum absolute atomic E-state index is 12.5. The van der Waals surface area contributed by atoms with Crippen LogP contribution in [0.25, 0.3) is 10.7 Å². The highest BCUT2D eigenvalue weighted by Gasteiger charge is 2.18. The highest BCUT2D eigenvalue weighted by molar-refractivity contribution is 7.89. The molecular weight excluding hydrogens is 396 g/mol. The predicted octanol–water partition coefficient (Wildman–Crippen LogP) is 2.59. The molecule has 2 aromatic heterocycles. The Morgan fingerprint density at radius 2 is 1.82 bits per heavy atom. The summed E-state index contributed by atoms with van der Waals surface area (Å²) in [6.45, 7) is 6.44. The number of hydrogen-bond acceptors (Lipinski definition) is 5. The first-order valence-electron chi connectivity index (χ1n) is 8.87. The summed E-state index contributed by atoms with van der Waals surface area (Å²) in [5, 5.41) is 6.24. The van der Waals surface area contributed by atoms with Crippen LogP contribution in [0.2, 0.25) is 0 Å². The molecule has 0 saturated heterocycles. The van der Waals surface area contributed by atoms with Crippen LogP contribution in [0.5, 0.6) is 0 Å². The highest BCUT2D eigenvalue weighted by Crippen LogP contribution is 2.23. The molecule has 0 saturated carbocycles. The second-order valence-electron chi connectivity index (χ2n) is 7.54. The summed E-state index contributed by atoms with van der Waals surface area (Å²) < 4.78 is 30.3. The van der Waals surface area contributed by atoms with Crippen molar-refractivity contribution in [3.63, 3.8) is 0 Å². The number of sulfonamides is 1. The lowest BCUT2D eigenvalue weighted by molar-refractivity contribution is 0.550. The van der Waals surface area contributed by atoms with Gasteiger partial charge in [-0.2, -0.15) is 0 Å². The minimum absolute atomic E-state index is 0.0455. The lowest BCUT2D eigenvalue weighted by Crippen LogP contribution is -2.31. The molecule has 2 heterocycles. The van der Waals surface area contributed by atoms with Gasteiger partial charge in [0, 0.05) is 13.6 Å². The summed E-state index contributed by atoms with van der Waals surface area (Å²) in [7, 11) is -2.00. The predicted molar refractivity (Wildman–Crippen MR) is 111 cm³/mol. The van der Waals surface area contributed by atoms with Crippen LogP contribution in [-0.4, -0.2) is 29.3 Å². The van der Waals surface area contributed by atoms with E-state index < -0.39 is 10.0 Å². The molecule has 1 aromatic carbocycles. The molecule has 0 radical (unpaired) electrons. The van der Waals surface area contributed by atoms with Gasteiger partial charge < -0.3 is 0 Å². The number of rotatable bonds is 6. The molecule has 0 aliphatic carbocycles. The average molecular weight is 421 g/mol. The molecule has 9 heteroatoms. The van der Waals surface area contributed by atoms with Crippen LogP contribution >= 0.6 is 11.3 Å². The van der Waals surface area contributed by atoms with Gasteiger partial charge in [0.2, 0.25) is 10.0 Å². The van der Waals surface area contributed by atoms with Gasteiger partial charge in [0.25, 0.3) is 0 Å². The fraction of sp³-hybridized carbons (Fsp3) is 0.368. The lowest BCUT2D eigenvalue weighted by Gasteiger charge is -2.19. The first kappa shape index (κ1) is 20.5. The highest BCUT2D eigenvalue weighted by atomic mass is 32.2. The maximum Gasteiger partial charge on any atom is 0.345 e. The van der Waals surface area contributed by atoms with Crippen LogP contribution in [0.4, 0.5) is 0 Å². The van der Waals surface area contributed by atoms with E-state index in [9.17, 15) is 13.2 Å². The van der Waals surface area contributed by atoms with Gasteiger partial charge in [0.1, 0.15) is 0 Å². The molecule has 28 heavy (non-hydrogen) atoms. The third kappa shape index (κ3) is 4.26. The Bertz CT molecular complexity index is 1100. The Morgan fingerprint density at radius 3 is 2.39 bits per heavy atom. The van der Waals surface area contributed by atoms with E-state index >= 15 is 0 Å². The minimum Gasteiger partial charge on any atom is -0.277 e. The van der Waals surface area contributed by atoms with E-state index in [0.29, 0.717) is 5.82 Å². The van der Waals surface area contributed by atoms with Crippen molar-refractivity contribution in [3.05, 3.63) is 57.8 Å². The van der Waals surface area contributed by atoms with Crippen LogP contribution in [-0.2, 0) is 29.0 Å².